The fourth-order valence-corrected chi connectivity index (χ4v) is 3.52. The smallest absolute Gasteiger partial charge is 0.129 e. The molecule has 18 heavy (non-hydrogen) atoms. The number of benzene rings is 1. The third kappa shape index (κ3) is 1.61. The maximum absolute atomic E-state index is 6.59. The molecule has 98 valence electrons. The number of fused-ring (bicyclic) bond motifs is 1. The minimum absolute atomic E-state index is 0.165. The first-order valence-corrected chi connectivity index (χ1v) is 6.86. The normalized spacial score (nSPS) is 21.2. The van der Waals surface area contributed by atoms with Gasteiger partial charge >= 0.3 is 0 Å². The Hall–Kier alpha value is -1.22. The van der Waals surface area contributed by atoms with Gasteiger partial charge in [0, 0.05) is 35.9 Å². The summed E-state index contributed by atoms with van der Waals surface area (Å²) < 4.78 is 5.71. The molecule has 1 aliphatic heterocycles. The molecule has 0 bridgehead atoms. The van der Waals surface area contributed by atoms with E-state index in [4.69, 9.17) is 10.5 Å². The average Bonchev–Trinajstić information content (AvgIpc) is 2.96. The van der Waals surface area contributed by atoms with Crippen molar-refractivity contribution in [3.05, 3.63) is 23.3 Å². The Bertz CT molecular complexity index is 464. The lowest BCUT2D eigenvalue weighted by Crippen LogP contribution is -2.33. The van der Waals surface area contributed by atoms with Crippen LogP contribution < -0.4 is 15.4 Å². The lowest BCUT2D eigenvalue weighted by atomic mass is 9.87. The Labute approximate surface area is 109 Å². The van der Waals surface area contributed by atoms with Gasteiger partial charge in [0.1, 0.15) is 5.75 Å². The first-order chi connectivity index (χ1) is 8.65. The summed E-state index contributed by atoms with van der Waals surface area (Å²) in [6.45, 7) is 1.08. The zero-order valence-corrected chi connectivity index (χ0v) is 11.3. The second-order valence-electron chi connectivity index (χ2n) is 5.68. The van der Waals surface area contributed by atoms with Crippen molar-refractivity contribution >= 4 is 5.69 Å². The molecular weight excluding hydrogens is 224 g/mol. The summed E-state index contributed by atoms with van der Waals surface area (Å²) in [5, 5.41) is 0. The van der Waals surface area contributed by atoms with Crippen LogP contribution in [0.4, 0.5) is 5.69 Å². The Morgan fingerprint density at radius 3 is 2.67 bits per heavy atom. The topological polar surface area (TPSA) is 38.5 Å². The molecule has 1 saturated carbocycles. The molecule has 1 aromatic rings. The van der Waals surface area contributed by atoms with Gasteiger partial charge in [0.15, 0.2) is 0 Å². The van der Waals surface area contributed by atoms with E-state index in [9.17, 15) is 0 Å². The van der Waals surface area contributed by atoms with E-state index < -0.39 is 0 Å². The number of nitrogens with two attached hydrogens (primary N) is 1. The van der Waals surface area contributed by atoms with Crippen molar-refractivity contribution in [2.75, 3.05) is 25.6 Å². The summed E-state index contributed by atoms with van der Waals surface area (Å²) in [5.74, 6) is 1.04. The number of anilines is 1. The minimum atomic E-state index is -0.165. The van der Waals surface area contributed by atoms with E-state index in [2.05, 4.69) is 24.1 Å². The summed E-state index contributed by atoms with van der Waals surface area (Å²) in [5.41, 5.74) is 10.3. The Morgan fingerprint density at radius 2 is 2.00 bits per heavy atom. The van der Waals surface area contributed by atoms with Gasteiger partial charge < -0.3 is 15.4 Å². The molecule has 3 nitrogen and oxygen atoms in total. The summed E-state index contributed by atoms with van der Waals surface area (Å²) in [6, 6.07) is 4.40. The molecule has 0 amide bonds. The van der Waals surface area contributed by atoms with Crippen LogP contribution in [0.2, 0.25) is 0 Å². The van der Waals surface area contributed by atoms with Crippen LogP contribution in [-0.2, 0) is 12.0 Å². The van der Waals surface area contributed by atoms with Crippen LogP contribution in [0.15, 0.2) is 12.1 Å². The lowest BCUT2D eigenvalue weighted by Gasteiger charge is -2.28. The summed E-state index contributed by atoms with van der Waals surface area (Å²) >= 11 is 0. The lowest BCUT2D eigenvalue weighted by molar-refractivity contribution is 0.376. The SMILES string of the molecule is COc1c(C2(N)CCCC2)ccc2c1CCN2C. The zero-order chi connectivity index (χ0) is 12.8. The number of hydrogen-bond donors (Lipinski definition) is 1. The van der Waals surface area contributed by atoms with Crippen LogP contribution in [0.25, 0.3) is 0 Å². The molecule has 2 N–H and O–H groups in total. The van der Waals surface area contributed by atoms with Gasteiger partial charge in [-0.2, -0.15) is 0 Å². The average molecular weight is 246 g/mol. The van der Waals surface area contributed by atoms with Crippen LogP contribution in [0.5, 0.6) is 5.75 Å². The van der Waals surface area contributed by atoms with Gasteiger partial charge in [-0.05, 0) is 25.3 Å². The van der Waals surface area contributed by atoms with E-state index in [1.54, 1.807) is 7.11 Å². The largest absolute Gasteiger partial charge is 0.496 e. The van der Waals surface area contributed by atoms with Crippen molar-refractivity contribution in [1.29, 1.82) is 0 Å². The number of nitrogens with zero attached hydrogens (tertiary/aromatic N) is 1. The molecule has 1 heterocycles. The summed E-state index contributed by atoms with van der Waals surface area (Å²) in [6.07, 6.45) is 5.70. The highest BCUT2D eigenvalue weighted by Gasteiger charge is 2.36. The second kappa shape index (κ2) is 4.16. The van der Waals surface area contributed by atoms with Crippen molar-refractivity contribution in [3.8, 4) is 5.75 Å². The number of hydrogen-bond acceptors (Lipinski definition) is 3. The highest BCUT2D eigenvalue weighted by atomic mass is 16.5. The monoisotopic (exact) mass is 246 g/mol. The van der Waals surface area contributed by atoms with E-state index >= 15 is 0 Å². The molecule has 1 aliphatic carbocycles. The molecule has 0 unspecified atom stereocenters. The zero-order valence-electron chi connectivity index (χ0n) is 11.3. The number of methoxy groups -OCH3 is 1. The molecule has 3 heteroatoms. The molecule has 0 spiro atoms. The third-order valence-electron chi connectivity index (χ3n) is 4.58. The molecule has 0 atom stereocenters. The van der Waals surface area contributed by atoms with Gasteiger partial charge in [-0.1, -0.05) is 18.9 Å². The first-order valence-electron chi connectivity index (χ1n) is 6.86. The Kier molecular flexibility index (Phi) is 2.74. The van der Waals surface area contributed by atoms with E-state index in [0.29, 0.717) is 0 Å². The molecule has 2 aliphatic rings. The molecule has 1 aromatic carbocycles. The van der Waals surface area contributed by atoms with Crippen LogP contribution >= 0.6 is 0 Å². The maximum atomic E-state index is 6.59. The molecule has 0 radical (unpaired) electrons. The molecule has 0 aromatic heterocycles. The fourth-order valence-electron chi connectivity index (χ4n) is 3.52. The standard InChI is InChI=1S/C15H22N2O/c1-17-10-7-11-13(17)6-5-12(14(11)18-2)15(16)8-3-4-9-15/h5-6H,3-4,7-10,16H2,1-2H3. The van der Waals surface area contributed by atoms with Crippen LogP contribution in [0.3, 0.4) is 0 Å². The molecule has 1 fully saturated rings. The molecule has 0 saturated heterocycles. The Morgan fingerprint density at radius 1 is 1.28 bits per heavy atom. The van der Waals surface area contributed by atoms with Crippen LogP contribution in [0, 0.1) is 0 Å². The van der Waals surface area contributed by atoms with Gasteiger partial charge in [-0.3, -0.25) is 0 Å². The highest BCUT2D eigenvalue weighted by Crippen LogP contribution is 2.45. The first kappa shape index (κ1) is 11.8. The van der Waals surface area contributed by atoms with E-state index in [-0.39, 0.29) is 5.54 Å². The summed E-state index contributed by atoms with van der Waals surface area (Å²) in [4.78, 5) is 2.29. The van der Waals surface area contributed by atoms with Crippen molar-refractivity contribution < 1.29 is 4.74 Å². The maximum Gasteiger partial charge on any atom is 0.129 e. The Balaban J connectivity index is 2.11. The van der Waals surface area contributed by atoms with Crippen molar-refractivity contribution in [1.82, 2.24) is 0 Å². The van der Waals surface area contributed by atoms with Crippen molar-refractivity contribution in [2.24, 2.45) is 5.73 Å². The summed E-state index contributed by atoms with van der Waals surface area (Å²) in [7, 11) is 3.91. The highest BCUT2D eigenvalue weighted by molar-refractivity contribution is 5.66. The quantitative estimate of drug-likeness (QED) is 0.871. The fraction of sp³-hybridized carbons (Fsp3) is 0.600. The van der Waals surface area contributed by atoms with Crippen molar-refractivity contribution in [2.45, 2.75) is 37.6 Å². The predicted molar refractivity (Wildman–Crippen MR) is 74.3 cm³/mol. The number of likely N-dealkylation sites (N-methyl/N-ethyl adjacent to an activating group) is 1. The van der Waals surface area contributed by atoms with Gasteiger partial charge in [0.05, 0.1) is 7.11 Å². The van der Waals surface area contributed by atoms with Gasteiger partial charge in [0.2, 0.25) is 0 Å². The van der Waals surface area contributed by atoms with Gasteiger partial charge in [-0.25, -0.2) is 0 Å². The third-order valence-corrected chi connectivity index (χ3v) is 4.58. The van der Waals surface area contributed by atoms with Gasteiger partial charge in [-0.15, -0.1) is 0 Å². The van der Waals surface area contributed by atoms with Crippen LogP contribution in [-0.4, -0.2) is 20.7 Å². The van der Waals surface area contributed by atoms with E-state index in [0.717, 1.165) is 31.6 Å². The second-order valence-corrected chi connectivity index (χ2v) is 5.68. The number of ether oxygens (including phenoxy) is 1. The van der Waals surface area contributed by atoms with Gasteiger partial charge in [0.25, 0.3) is 0 Å². The van der Waals surface area contributed by atoms with E-state index in [1.165, 1.54) is 29.7 Å². The van der Waals surface area contributed by atoms with Crippen molar-refractivity contribution in [3.63, 3.8) is 0 Å². The minimum Gasteiger partial charge on any atom is -0.496 e. The van der Waals surface area contributed by atoms with Crippen LogP contribution in [0.1, 0.15) is 36.8 Å². The van der Waals surface area contributed by atoms with E-state index in [1.807, 2.05) is 0 Å². The number of rotatable bonds is 2. The predicted octanol–water partition coefficient (Wildman–Crippen LogP) is 2.42. The molecule has 3 rings (SSSR count). The molecular formula is C15H22N2O.